The summed E-state index contributed by atoms with van der Waals surface area (Å²) in [5, 5.41) is 9.55. The van der Waals surface area contributed by atoms with Crippen molar-refractivity contribution in [1.29, 1.82) is 5.26 Å². The van der Waals surface area contributed by atoms with E-state index in [-0.39, 0.29) is 5.41 Å². The van der Waals surface area contributed by atoms with Crippen LogP contribution in [-0.4, -0.2) is 4.57 Å². The van der Waals surface area contributed by atoms with Crippen molar-refractivity contribution < 1.29 is 0 Å². The molecule has 25 heavy (non-hydrogen) atoms. The summed E-state index contributed by atoms with van der Waals surface area (Å²) in [6, 6.07) is 22.8. The van der Waals surface area contributed by atoms with Crippen molar-refractivity contribution in [3.05, 3.63) is 89.7 Å². The van der Waals surface area contributed by atoms with Gasteiger partial charge in [0.25, 0.3) is 0 Å². The van der Waals surface area contributed by atoms with Crippen LogP contribution in [0.2, 0.25) is 0 Å². The first-order valence-electron chi connectivity index (χ1n) is 8.43. The van der Waals surface area contributed by atoms with Gasteiger partial charge in [0.2, 0.25) is 0 Å². The highest BCUT2D eigenvalue weighted by Gasteiger charge is 2.12. The molecule has 0 unspecified atom stereocenters. The van der Waals surface area contributed by atoms with Gasteiger partial charge in [-0.2, -0.15) is 5.26 Å². The van der Waals surface area contributed by atoms with Gasteiger partial charge in [-0.3, -0.25) is 0 Å². The van der Waals surface area contributed by atoms with Gasteiger partial charge in [0.05, 0.1) is 11.6 Å². The van der Waals surface area contributed by atoms with Crippen molar-refractivity contribution in [2.45, 2.75) is 26.2 Å². The van der Waals surface area contributed by atoms with Crippen molar-refractivity contribution >= 4 is 11.6 Å². The van der Waals surface area contributed by atoms with Gasteiger partial charge >= 0.3 is 0 Å². The summed E-state index contributed by atoms with van der Waals surface area (Å²) < 4.78 is 2.05. The number of nitrogens with zero attached hydrogens (tertiary/aromatic N) is 2. The lowest BCUT2D eigenvalue weighted by molar-refractivity contribution is 0.590. The van der Waals surface area contributed by atoms with Gasteiger partial charge < -0.3 is 4.57 Å². The van der Waals surface area contributed by atoms with Gasteiger partial charge in [-0.1, -0.05) is 57.2 Å². The molecule has 1 heterocycles. The molecule has 1 aromatic heterocycles. The van der Waals surface area contributed by atoms with Gasteiger partial charge in [0.15, 0.2) is 0 Å². The number of benzene rings is 2. The molecule has 0 aliphatic rings. The van der Waals surface area contributed by atoms with Gasteiger partial charge in [-0.15, -0.1) is 0 Å². The molecule has 0 spiro atoms. The molecule has 0 atom stereocenters. The fourth-order valence-corrected chi connectivity index (χ4v) is 2.75. The van der Waals surface area contributed by atoms with Crippen molar-refractivity contribution in [3.63, 3.8) is 0 Å². The molecule has 0 aliphatic heterocycles. The number of nitriles is 1. The second-order valence-corrected chi connectivity index (χ2v) is 7.18. The van der Waals surface area contributed by atoms with Crippen LogP contribution < -0.4 is 0 Å². The number of hydrogen-bond donors (Lipinski definition) is 0. The molecule has 0 amide bonds. The highest BCUT2D eigenvalue weighted by molar-refractivity contribution is 5.89. The first kappa shape index (κ1) is 16.8. The topological polar surface area (TPSA) is 28.7 Å². The Morgan fingerprint density at radius 3 is 2.04 bits per heavy atom. The molecular formula is C23H22N2. The van der Waals surface area contributed by atoms with Gasteiger partial charge in [0.1, 0.15) is 0 Å². The monoisotopic (exact) mass is 326 g/mol. The van der Waals surface area contributed by atoms with Gasteiger partial charge in [0, 0.05) is 18.1 Å². The fraction of sp³-hybridized carbons (Fsp3) is 0.174. The Bertz CT molecular complexity index is 898. The summed E-state index contributed by atoms with van der Waals surface area (Å²) in [6.45, 7) is 6.60. The summed E-state index contributed by atoms with van der Waals surface area (Å²) in [7, 11) is 0. The molecule has 0 saturated heterocycles. The second kappa shape index (κ2) is 6.83. The van der Waals surface area contributed by atoms with E-state index >= 15 is 0 Å². The molecule has 124 valence electrons. The van der Waals surface area contributed by atoms with E-state index in [9.17, 15) is 5.26 Å². The normalized spacial score (nSPS) is 12.0. The molecule has 2 heteroatoms. The van der Waals surface area contributed by atoms with E-state index in [0.29, 0.717) is 5.57 Å². The van der Waals surface area contributed by atoms with Crippen LogP contribution in [0, 0.1) is 11.3 Å². The van der Waals surface area contributed by atoms with Crippen LogP contribution in [0.15, 0.2) is 73.1 Å². The van der Waals surface area contributed by atoms with E-state index in [0.717, 1.165) is 16.8 Å². The van der Waals surface area contributed by atoms with E-state index in [1.54, 1.807) is 0 Å². The zero-order valence-corrected chi connectivity index (χ0v) is 14.9. The van der Waals surface area contributed by atoms with E-state index in [4.69, 9.17) is 0 Å². The molecular weight excluding hydrogens is 304 g/mol. The number of aromatic nitrogens is 1. The van der Waals surface area contributed by atoms with Crippen LogP contribution in [0.25, 0.3) is 17.3 Å². The first-order valence-corrected chi connectivity index (χ1v) is 8.43. The second-order valence-electron chi connectivity index (χ2n) is 7.18. The fourth-order valence-electron chi connectivity index (χ4n) is 2.75. The van der Waals surface area contributed by atoms with Crippen LogP contribution in [0.4, 0.5) is 0 Å². The first-order chi connectivity index (χ1) is 12.0. The zero-order valence-electron chi connectivity index (χ0n) is 14.9. The third kappa shape index (κ3) is 3.89. The minimum Gasteiger partial charge on any atom is -0.324 e. The molecule has 2 aromatic carbocycles. The zero-order chi connectivity index (χ0) is 17.9. The lowest BCUT2D eigenvalue weighted by Gasteiger charge is -2.18. The Hall–Kier alpha value is -3.05. The SMILES string of the molecule is CC(C)(C)c1ccc(/C=C(/C#N)c2ccc(-n3cccc3)cc2)cc1. The van der Waals surface area contributed by atoms with Crippen molar-refractivity contribution in [3.8, 4) is 11.8 Å². The molecule has 0 fully saturated rings. The summed E-state index contributed by atoms with van der Waals surface area (Å²) >= 11 is 0. The third-order valence-corrected chi connectivity index (χ3v) is 4.29. The molecule has 0 saturated carbocycles. The number of rotatable bonds is 3. The predicted molar refractivity (Wildman–Crippen MR) is 104 cm³/mol. The summed E-state index contributed by atoms with van der Waals surface area (Å²) in [5.74, 6) is 0. The molecule has 0 aliphatic carbocycles. The molecule has 0 bridgehead atoms. The Balaban J connectivity index is 1.87. The molecule has 2 nitrogen and oxygen atoms in total. The number of allylic oxidation sites excluding steroid dienone is 1. The Morgan fingerprint density at radius 2 is 1.52 bits per heavy atom. The van der Waals surface area contributed by atoms with Crippen molar-refractivity contribution in [2.75, 3.05) is 0 Å². The third-order valence-electron chi connectivity index (χ3n) is 4.29. The molecule has 3 rings (SSSR count). The lowest BCUT2D eigenvalue weighted by atomic mass is 9.86. The van der Waals surface area contributed by atoms with E-state index < -0.39 is 0 Å². The summed E-state index contributed by atoms with van der Waals surface area (Å²) in [4.78, 5) is 0. The smallest absolute Gasteiger partial charge is 0.0998 e. The maximum absolute atomic E-state index is 9.55. The Morgan fingerprint density at radius 1 is 0.920 bits per heavy atom. The van der Waals surface area contributed by atoms with Crippen LogP contribution in [0.5, 0.6) is 0 Å². The van der Waals surface area contributed by atoms with Crippen LogP contribution >= 0.6 is 0 Å². The maximum Gasteiger partial charge on any atom is 0.0998 e. The Labute approximate surface area is 149 Å². The summed E-state index contributed by atoms with van der Waals surface area (Å²) in [6.07, 6.45) is 5.96. The number of hydrogen-bond acceptors (Lipinski definition) is 1. The largest absolute Gasteiger partial charge is 0.324 e. The van der Waals surface area contributed by atoms with Crippen LogP contribution in [-0.2, 0) is 5.41 Å². The van der Waals surface area contributed by atoms with Gasteiger partial charge in [-0.05, 0) is 52.4 Å². The maximum atomic E-state index is 9.55. The van der Waals surface area contributed by atoms with E-state index in [1.807, 2.05) is 59.4 Å². The predicted octanol–water partition coefficient (Wildman–Crippen LogP) is 5.84. The minimum absolute atomic E-state index is 0.134. The average molecular weight is 326 g/mol. The molecule has 3 aromatic rings. The minimum atomic E-state index is 0.134. The van der Waals surface area contributed by atoms with Gasteiger partial charge in [-0.25, -0.2) is 0 Å². The summed E-state index contributed by atoms with van der Waals surface area (Å²) in [5.41, 5.74) is 5.15. The highest BCUT2D eigenvalue weighted by atomic mass is 14.9. The average Bonchev–Trinajstić information content (AvgIpc) is 3.14. The quantitative estimate of drug-likeness (QED) is 0.439. The van der Waals surface area contributed by atoms with E-state index in [2.05, 4.69) is 51.1 Å². The molecule has 0 N–H and O–H groups in total. The van der Waals surface area contributed by atoms with Crippen molar-refractivity contribution in [2.24, 2.45) is 0 Å². The molecule has 0 radical (unpaired) electrons. The lowest BCUT2D eigenvalue weighted by Crippen LogP contribution is -2.10. The standard InChI is InChI=1S/C23H22N2/c1-23(2,3)21-10-6-18(7-11-21)16-20(17-24)19-8-12-22(13-9-19)25-14-4-5-15-25/h4-16H,1-3H3/b20-16-. The highest BCUT2D eigenvalue weighted by Crippen LogP contribution is 2.24. The Kier molecular flexibility index (Phi) is 4.59. The van der Waals surface area contributed by atoms with Crippen LogP contribution in [0.3, 0.4) is 0 Å². The van der Waals surface area contributed by atoms with E-state index in [1.165, 1.54) is 5.56 Å². The van der Waals surface area contributed by atoms with Crippen LogP contribution in [0.1, 0.15) is 37.5 Å². The van der Waals surface area contributed by atoms with Crippen molar-refractivity contribution in [1.82, 2.24) is 4.57 Å².